The van der Waals surface area contributed by atoms with Crippen molar-refractivity contribution in [2.45, 2.75) is 85.5 Å². The predicted molar refractivity (Wildman–Crippen MR) is 85.2 cm³/mol. The predicted octanol–water partition coefficient (Wildman–Crippen LogP) is 6.30. The van der Waals surface area contributed by atoms with Crippen LogP contribution in [0.5, 0.6) is 0 Å². The molecule has 0 N–H and O–H groups in total. The Kier molecular flexibility index (Phi) is 5.78. The van der Waals surface area contributed by atoms with Gasteiger partial charge in [0.05, 0.1) is 0 Å². The standard InChI is InChI=1S/C19H36/c1-14(2)18-11-7-5-9-16(18)13-17-10-6-8-12-19(17)15(3)4/h14-19H,5-13H2,1-4H3. The molecule has 0 saturated heterocycles. The molecular formula is C19H36. The maximum atomic E-state index is 2.46. The fourth-order valence-electron chi connectivity index (χ4n) is 5.20. The molecule has 2 aliphatic carbocycles. The van der Waals surface area contributed by atoms with Crippen LogP contribution in [0.25, 0.3) is 0 Å². The van der Waals surface area contributed by atoms with Crippen molar-refractivity contribution in [3.63, 3.8) is 0 Å². The molecule has 0 aromatic rings. The summed E-state index contributed by atoms with van der Waals surface area (Å²) in [7, 11) is 0. The van der Waals surface area contributed by atoms with Crippen LogP contribution >= 0.6 is 0 Å². The van der Waals surface area contributed by atoms with Crippen molar-refractivity contribution in [3.05, 3.63) is 0 Å². The summed E-state index contributed by atoms with van der Waals surface area (Å²) in [5.74, 6) is 5.99. The van der Waals surface area contributed by atoms with Crippen LogP contribution in [-0.4, -0.2) is 0 Å². The number of rotatable bonds is 4. The van der Waals surface area contributed by atoms with E-state index < -0.39 is 0 Å². The third-order valence-corrected chi connectivity index (χ3v) is 6.25. The molecule has 0 heterocycles. The van der Waals surface area contributed by atoms with Gasteiger partial charge in [0.25, 0.3) is 0 Å². The summed E-state index contributed by atoms with van der Waals surface area (Å²) in [6, 6.07) is 0. The Labute approximate surface area is 121 Å². The fourth-order valence-corrected chi connectivity index (χ4v) is 5.20. The Bertz CT molecular complexity index is 227. The van der Waals surface area contributed by atoms with Gasteiger partial charge in [-0.15, -0.1) is 0 Å². The van der Waals surface area contributed by atoms with Crippen LogP contribution < -0.4 is 0 Å². The average Bonchev–Trinajstić information content (AvgIpc) is 2.39. The van der Waals surface area contributed by atoms with E-state index >= 15 is 0 Å². The van der Waals surface area contributed by atoms with Crippen molar-refractivity contribution < 1.29 is 0 Å². The van der Waals surface area contributed by atoms with E-state index in [2.05, 4.69) is 27.7 Å². The molecule has 0 radical (unpaired) electrons. The Hall–Kier alpha value is 0. The van der Waals surface area contributed by atoms with Gasteiger partial charge in [-0.2, -0.15) is 0 Å². The molecule has 112 valence electrons. The van der Waals surface area contributed by atoms with Crippen LogP contribution in [0.1, 0.15) is 85.5 Å². The van der Waals surface area contributed by atoms with Gasteiger partial charge in [0, 0.05) is 0 Å². The van der Waals surface area contributed by atoms with E-state index in [1.807, 2.05) is 0 Å². The minimum absolute atomic E-state index is 0.909. The van der Waals surface area contributed by atoms with Gasteiger partial charge in [0.2, 0.25) is 0 Å². The summed E-state index contributed by atoms with van der Waals surface area (Å²) in [6.45, 7) is 9.85. The number of hydrogen-bond donors (Lipinski definition) is 0. The lowest BCUT2D eigenvalue weighted by Crippen LogP contribution is -2.31. The van der Waals surface area contributed by atoms with Crippen molar-refractivity contribution in [1.82, 2.24) is 0 Å². The molecule has 0 aliphatic heterocycles. The Morgan fingerprint density at radius 3 is 1.37 bits per heavy atom. The van der Waals surface area contributed by atoms with Crippen molar-refractivity contribution in [2.24, 2.45) is 35.5 Å². The van der Waals surface area contributed by atoms with Gasteiger partial charge in [-0.3, -0.25) is 0 Å². The van der Waals surface area contributed by atoms with E-state index in [0.717, 1.165) is 35.5 Å². The van der Waals surface area contributed by atoms with Gasteiger partial charge in [-0.05, 0) is 54.8 Å². The highest BCUT2D eigenvalue weighted by atomic mass is 14.4. The summed E-state index contributed by atoms with van der Waals surface area (Å²) < 4.78 is 0. The Balaban J connectivity index is 1.96. The first-order valence-electron chi connectivity index (χ1n) is 9.09. The SMILES string of the molecule is CC(C)C1CCCCC1CC1CCCCC1C(C)C. The highest BCUT2D eigenvalue weighted by Gasteiger charge is 2.34. The monoisotopic (exact) mass is 264 g/mol. The second-order valence-electron chi connectivity index (χ2n) is 8.14. The molecule has 2 saturated carbocycles. The van der Waals surface area contributed by atoms with E-state index in [1.54, 1.807) is 6.42 Å². The van der Waals surface area contributed by atoms with E-state index in [1.165, 1.54) is 51.4 Å². The van der Waals surface area contributed by atoms with E-state index in [4.69, 9.17) is 0 Å². The maximum Gasteiger partial charge on any atom is -0.0363 e. The van der Waals surface area contributed by atoms with Crippen LogP contribution in [0.3, 0.4) is 0 Å². The summed E-state index contributed by atoms with van der Waals surface area (Å²) in [6.07, 6.45) is 13.7. The molecule has 4 unspecified atom stereocenters. The summed E-state index contributed by atoms with van der Waals surface area (Å²) >= 11 is 0. The highest BCUT2D eigenvalue weighted by molar-refractivity contribution is 4.84. The van der Waals surface area contributed by atoms with Gasteiger partial charge < -0.3 is 0 Å². The minimum atomic E-state index is 0.909. The summed E-state index contributed by atoms with van der Waals surface area (Å²) in [5.41, 5.74) is 0. The first kappa shape index (κ1) is 15.4. The third-order valence-electron chi connectivity index (χ3n) is 6.25. The second-order valence-corrected chi connectivity index (χ2v) is 8.14. The summed E-state index contributed by atoms with van der Waals surface area (Å²) in [4.78, 5) is 0. The Morgan fingerprint density at radius 2 is 1.00 bits per heavy atom. The van der Waals surface area contributed by atoms with Gasteiger partial charge in [0.1, 0.15) is 0 Å². The van der Waals surface area contributed by atoms with Crippen LogP contribution in [0.4, 0.5) is 0 Å². The average molecular weight is 264 g/mol. The van der Waals surface area contributed by atoms with Crippen LogP contribution in [0.2, 0.25) is 0 Å². The lowest BCUT2D eigenvalue weighted by atomic mass is 9.65. The van der Waals surface area contributed by atoms with Gasteiger partial charge in [-0.1, -0.05) is 66.2 Å². The zero-order chi connectivity index (χ0) is 13.8. The van der Waals surface area contributed by atoms with Crippen molar-refractivity contribution in [2.75, 3.05) is 0 Å². The molecule has 0 aromatic heterocycles. The van der Waals surface area contributed by atoms with Gasteiger partial charge >= 0.3 is 0 Å². The molecule has 4 atom stereocenters. The zero-order valence-electron chi connectivity index (χ0n) is 13.8. The molecule has 2 fully saturated rings. The third kappa shape index (κ3) is 3.99. The smallest absolute Gasteiger partial charge is 0.0363 e. The first-order valence-corrected chi connectivity index (χ1v) is 9.09. The highest BCUT2D eigenvalue weighted by Crippen LogP contribution is 2.44. The van der Waals surface area contributed by atoms with E-state index in [0.29, 0.717) is 0 Å². The molecule has 0 amide bonds. The summed E-state index contributed by atoms with van der Waals surface area (Å²) in [5, 5.41) is 0. The van der Waals surface area contributed by atoms with Crippen molar-refractivity contribution >= 4 is 0 Å². The molecule has 0 spiro atoms. The van der Waals surface area contributed by atoms with Gasteiger partial charge in [-0.25, -0.2) is 0 Å². The minimum Gasteiger partial charge on any atom is -0.0625 e. The molecule has 0 heteroatoms. The van der Waals surface area contributed by atoms with E-state index in [9.17, 15) is 0 Å². The molecule has 0 aromatic carbocycles. The topological polar surface area (TPSA) is 0 Å². The van der Waals surface area contributed by atoms with Gasteiger partial charge in [0.15, 0.2) is 0 Å². The molecular weight excluding hydrogens is 228 g/mol. The number of hydrogen-bond acceptors (Lipinski definition) is 0. The Morgan fingerprint density at radius 1 is 0.632 bits per heavy atom. The molecule has 2 rings (SSSR count). The van der Waals surface area contributed by atoms with Crippen LogP contribution in [-0.2, 0) is 0 Å². The van der Waals surface area contributed by atoms with Crippen LogP contribution in [0, 0.1) is 35.5 Å². The van der Waals surface area contributed by atoms with Crippen molar-refractivity contribution in [3.8, 4) is 0 Å². The quantitative estimate of drug-likeness (QED) is 0.559. The molecule has 2 aliphatic rings. The normalized spacial score (nSPS) is 36.9. The van der Waals surface area contributed by atoms with Crippen LogP contribution in [0.15, 0.2) is 0 Å². The lowest BCUT2D eigenvalue weighted by Gasteiger charge is -2.41. The molecule has 19 heavy (non-hydrogen) atoms. The largest absolute Gasteiger partial charge is 0.0625 e. The lowest BCUT2D eigenvalue weighted by molar-refractivity contribution is 0.0958. The first-order chi connectivity index (χ1) is 9.09. The molecule has 0 nitrogen and oxygen atoms in total. The second kappa shape index (κ2) is 7.14. The van der Waals surface area contributed by atoms with Crippen molar-refractivity contribution in [1.29, 1.82) is 0 Å². The fraction of sp³-hybridized carbons (Fsp3) is 1.00. The maximum absolute atomic E-state index is 2.46. The zero-order valence-corrected chi connectivity index (χ0v) is 13.8. The molecule has 0 bridgehead atoms. The van der Waals surface area contributed by atoms with E-state index in [-0.39, 0.29) is 0 Å².